The summed E-state index contributed by atoms with van der Waals surface area (Å²) in [6.45, 7) is 5.62. The number of benzene rings is 1. The zero-order chi connectivity index (χ0) is 17.4. The third kappa shape index (κ3) is 5.90. The van der Waals surface area contributed by atoms with Crippen LogP contribution in [0.3, 0.4) is 0 Å². The average Bonchev–Trinajstić information content (AvgIpc) is 2.52. The lowest BCUT2D eigenvalue weighted by Crippen LogP contribution is -2.51. The minimum absolute atomic E-state index is 0.259. The van der Waals surface area contributed by atoms with Gasteiger partial charge in [0, 0.05) is 6.54 Å². The van der Waals surface area contributed by atoms with Gasteiger partial charge in [0.2, 0.25) is 11.8 Å². The molecule has 1 rings (SSSR count). The Bertz CT molecular complexity index is 577. The van der Waals surface area contributed by atoms with Gasteiger partial charge >= 0.3 is 0 Å². The van der Waals surface area contributed by atoms with Gasteiger partial charge in [0.25, 0.3) is 5.91 Å². The monoisotopic (exact) mass is 339 g/mol. The number of carbonyl (C=O) groups excluding carboxylic acids is 3. The van der Waals surface area contributed by atoms with Crippen molar-refractivity contribution in [1.82, 2.24) is 16.0 Å². The fourth-order valence-corrected chi connectivity index (χ4v) is 2.01. The Morgan fingerprint density at radius 3 is 2.26 bits per heavy atom. The standard InChI is InChI=1S/C16H22ClN3O3/c1-4-9-18-14(21)10(2)19-15(22)11(3)20-16(23)12-7-5-6-8-13(12)17/h5-8,10-11H,4,9H2,1-3H3,(H,18,21)(H,19,22)(H,20,23)/t10-,11+/m1/s1. The maximum atomic E-state index is 12.1. The van der Waals surface area contributed by atoms with Crippen LogP contribution < -0.4 is 16.0 Å². The SMILES string of the molecule is CCCNC(=O)[C@@H](C)NC(=O)[C@H](C)NC(=O)c1ccccc1Cl. The Hall–Kier alpha value is -2.08. The molecule has 3 N–H and O–H groups in total. The number of nitrogens with one attached hydrogen (secondary N) is 3. The normalized spacial score (nSPS) is 12.9. The molecule has 0 heterocycles. The van der Waals surface area contributed by atoms with Crippen LogP contribution in [0.1, 0.15) is 37.6 Å². The fraction of sp³-hybridized carbons (Fsp3) is 0.438. The van der Waals surface area contributed by atoms with Gasteiger partial charge < -0.3 is 16.0 Å². The van der Waals surface area contributed by atoms with Crippen LogP contribution in [-0.4, -0.2) is 36.3 Å². The van der Waals surface area contributed by atoms with Crippen molar-refractivity contribution in [3.05, 3.63) is 34.9 Å². The van der Waals surface area contributed by atoms with E-state index in [-0.39, 0.29) is 5.91 Å². The molecule has 0 saturated carbocycles. The van der Waals surface area contributed by atoms with Gasteiger partial charge in [-0.15, -0.1) is 0 Å². The first-order chi connectivity index (χ1) is 10.9. The highest BCUT2D eigenvalue weighted by Crippen LogP contribution is 2.14. The van der Waals surface area contributed by atoms with Crippen LogP contribution in [-0.2, 0) is 9.59 Å². The summed E-state index contributed by atoms with van der Waals surface area (Å²) in [5.74, 6) is -1.14. The maximum Gasteiger partial charge on any atom is 0.253 e. The second kappa shape index (κ2) is 9.15. The van der Waals surface area contributed by atoms with Gasteiger partial charge in [-0.05, 0) is 32.4 Å². The molecule has 0 spiro atoms. The highest BCUT2D eigenvalue weighted by molar-refractivity contribution is 6.33. The van der Waals surface area contributed by atoms with Gasteiger partial charge in [-0.1, -0.05) is 30.7 Å². The minimum atomic E-state index is -0.791. The maximum absolute atomic E-state index is 12.1. The second-order valence-corrected chi connectivity index (χ2v) is 5.60. The Balaban J connectivity index is 2.55. The van der Waals surface area contributed by atoms with Gasteiger partial charge in [-0.25, -0.2) is 0 Å². The van der Waals surface area contributed by atoms with E-state index in [0.717, 1.165) is 6.42 Å². The zero-order valence-electron chi connectivity index (χ0n) is 13.5. The molecule has 2 atom stereocenters. The zero-order valence-corrected chi connectivity index (χ0v) is 14.2. The molecule has 0 radical (unpaired) electrons. The molecule has 126 valence electrons. The number of amides is 3. The highest BCUT2D eigenvalue weighted by atomic mass is 35.5. The van der Waals surface area contributed by atoms with Gasteiger partial charge in [-0.2, -0.15) is 0 Å². The van der Waals surface area contributed by atoms with Crippen LogP contribution in [0.4, 0.5) is 0 Å². The number of carbonyl (C=O) groups is 3. The van der Waals surface area contributed by atoms with Crippen LogP contribution in [0.5, 0.6) is 0 Å². The van der Waals surface area contributed by atoms with E-state index in [1.807, 2.05) is 6.92 Å². The number of halogens is 1. The summed E-state index contributed by atoms with van der Waals surface area (Å²) in [5.41, 5.74) is 0.294. The summed E-state index contributed by atoms with van der Waals surface area (Å²) in [4.78, 5) is 35.8. The molecule has 0 fully saturated rings. The summed E-state index contributed by atoms with van der Waals surface area (Å²) in [6, 6.07) is 5.11. The van der Waals surface area contributed by atoms with Crippen molar-refractivity contribution in [3.63, 3.8) is 0 Å². The Kier molecular flexibility index (Phi) is 7.54. The summed E-state index contributed by atoms with van der Waals surface area (Å²) < 4.78 is 0. The molecular formula is C16H22ClN3O3. The van der Waals surface area contributed by atoms with Crippen LogP contribution in [0.15, 0.2) is 24.3 Å². The topological polar surface area (TPSA) is 87.3 Å². The van der Waals surface area contributed by atoms with Gasteiger partial charge in [-0.3, -0.25) is 14.4 Å². The van der Waals surface area contributed by atoms with Gasteiger partial charge in [0.05, 0.1) is 10.6 Å². The van der Waals surface area contributed by atoms with Crippen molar-refractivity contribution < 1.29 is 14.4 Å². The van der Waals surface area contributed by atoms with E-state index in [1.54, 1.807) is 38.1 Å². The first-order valence-electron chi connectivity index (χ1n) is 7.50. The van der Waals surface area contributed by atoms with E-state index < -0.39 is 23.9 Å². The van der Waals surface area contributed by atoms with Crippen molar-refractivity contribution in [2.45, 2.75) is 39.3 Å². The molecule has 0 aliphatic rings. The minimum Gasteiger partial charge on any atom is -0.354 e. The lowest BCUT2D eigenvalue weighted by Gasteiger charge is -2.18. The Morgan fingerprint density at radius 1 is 1.04 bits per heavy atom. The largest absolute Gasteiger partial charge is 0.354 e. The summed E-state index contributed by atoms with van der Waals surface area (Å²) in [5, 5.41) is 8.12. The first-order valence-corrected chi connectivity index (χ1v) is 7.88. The lowest BCUT2D eigenvalue weighted by atomic mass is 10.2. The number of hydrogen-bond acceptors (Lipinski definition) is 3. The second-order valence-electron chi connectivity index (χ2n) is 5.20. The Labute approximate surface area is 141 Å². The average molecular weight is 340 g/mol. The molecule has 6 nitrogen and oxygen atoms in total. The van der Waals surface area contributed by atoms with Crippen molar-refractivity contribution in [3.8, 4) is 0 Å². The van der Waals surface area contributed by atoms with E-state index in [0.29, 0.717) is 17.1 Å². The van der Waals surface area contributed by atoms with E-state index >= 15 is 0 Å². The van der Waals surface area contributed by atoms with Crippen molar-refractivity contribution in [2.75, 3.05) is 6.54 Å². The van der Waals surface area contributed by atoms with Crippen LogP contribution in [0.2, 0.25) is 5.02 Å². The van der Waals surface area contributed by atoms with Crippen LogP contribution in [0.25, 0.3) is 0 Å². The Morgan fingerprint density at radius 2 is 1.65 bits per heavy atom. The number of rotatable bonds is 7. The molecule has 0 bridgehead atoms. The summed E-state index contributed by atoms with van der Waals surface area (Å²) >= 11 is 5.94. The molecule has 0 aliphatic heterocycles. The molecular weight excluding hydrogens is 318 g/mol. The van der Waals surface area contributed by atoms with Crippen molar-refractivity contribution >= 4 is 29.3 Å². The molecule has 3 amide bonds. The third-order valence-electron chi connectivity index (χ3n) is 3.16. The van der Waals surface area contributed by atoms with Crippen molar-refractivity contribution in [2.24, 2.45) is 0 Å². The highest BCUT2D eigenvalue weighted by Gasteiger charge is 2.21. The van der Waals surface area contributed by atoms with E-state index in [4.69, 9.17) is 11.6 Å². The molecule has 1 aromatic carbocycles. The lowest BCUT2D eigenvalue weighted by molar-refractivity contribution is -0.129. The number of hydrogen-bond donors (Lipinski definition) is 3. The van der Waals surface area contributed by atoms with E-state index in [1.165, 1.54) is 0 Å². The summed E-state index contributed by atoms with van der Waals surface area (Å²) in [7, 11) is 0. The molecule has 7 heteroatoms. The molecule has 23 heavy (non-hydrogen) atoms. The van der Waals surface area contributed by atoms with Gasteiger partial charge in [0.1, 0.15) is 12.1 Å². The third-order valence-corrected chi connectivity index (χ3v) is 3.49. The fourth-order valence-electron chi connectivity index (χ4n) is 1.79. The molecule has 0 unspecified atom stereocenters. The predicted molar refractivity (Wildman–Crippen MR) is 89.3 cm³/mol. The van der Waals surface area contributed by atoms with E-state index in [9.17, 15) is 14.4 Å². The molecule has 1 aromatic rings. The van der Waals surface area contributed by atoms with Crippen molar-refractivity contribution in [1.29, 1.82) is 0 Å². The molecule has 0 aromatic heterocycles. The smallest absolute Gasteiger partial charge is 0.253 e. The first kappa shape index (κ1) is 19.0. The predicted octanol–water partition coefficient (Wildman–Crippen LogP) is 1.49. The van der Waals surface area contributed by atoms with Crippen LogP contribution in [0, 0.1) is 0 Å². The summed E-state index contributed by atoms with van der Waals surface area (Å²) in [6.07, 6.45) is 0.816. The quantitative estimate of drug-likeness (QED) is 0.703. The van der Waals surface area contributed by atoms with E-state index in [2.05, 4.69) is 16.0 Å². The molecule has 0 saturated heterocycles. The van der Waals surface area contributed by atoms with Gasteiger partial charge in [0.15, 0.2) is 0 Å². The van der Waals surface area contributed by atoms with Crippen LogP contribution >= 0.6 is 11.6 Å². The molecule has 0 aliphatic carbocycles.